The Morgan fingerprint density at radius 2 is 1.92 bits per heavy atom. The van der Waals surface area contributed by atoms with Crippen LogP contribution in [0.1, 0.15) is 5.56 Å². The van der Waals surface area contributed by atoms with Crippen LogP contribution in [-0.2, 0) is 6.61 Å². The van der Waals surface area contributed by atoms with Crippen LogP contribution >= 0.6 is 0 Å². The average molecular weight is 345 g/mol. The van der Waals surface area contributed by atoms with E-state index in [-0.39, 0.29) is 11.2 Å². The van der Waals surface area contributed by atoms with Crippen molar-refractivity contribution in [2.75, 3.05) is 0 Å². The molecule has 0 atom stereocenters. The summed E-state index contributed by atoms with van der Waals surface area (Å²) < 4.78 is 11.4. The van der Waals surface area contributed by atoms with Crippen molar-refractivity contribution in [1.29, 1.82) is 0 Å². The van der Waals surface area contributed by atoms with Gasteiger partial charge in [-0.2, -0.15) is 0 Å². The lowest BCUT2D eigenvalue weighted by molar-refractivity contribution is 0.305. The van der Waals surface area contributed by atoms with Gasteiger partial charge in [0.1, 0.15) is 30.0 Å². The van der Waals surface area contributed by atoms with Crippen molar-refractivity contribution in [3.63, 3.8) is 0 Å². The predicted octanol–water partition coefficient (Wildman–Crippen LogP) is 4.14. The second kappa shape index (κ2) is 6.72. The van der Waals surface area contributed by atoms with E-state index in [0.29, 0.717) is 34.5 Å². The topological polar surface area (TPSA) is 72.6 Å². The molecular formula is C21H15NO4. The number of hydrogen-bond acceptors (Lipinski definition) is 5. The summed E-state index contributed by atoms with van der Waals surface area (Å²) in [5.41, 5.74) is 2.42. The molecule has 0 spiro atoms. The lowest BCUT2D eigenvalue weighted by atomic mass is 10.1. The molecule has 0 radical (unpaired) electrons. The fourth-order valence-corrected chi connectivity index (χ4v) is 2.69. The number of aromatic nitrogens is 1. The molecule has 4 aromatic rings. The van der Waals surface area contributed by atoms with Gasteiger partial charge in [0, 0.05) is 24.0 Å². The van der Waals surface area contributed by atoms with Gasteiger partial charge in [0.2, 0.25) is 0 Å². The summed E-state index contributed by atoms with van der Waals surface area (Å²) in [6.07, 6.45) is 4.88. The van der Waals surface area contributed by atoms with Crippen LogP contribution in [0.25, 0.3) is 22.1 Å². The fraction of sp³-hybridized carbons (Fsp3) is 0.0476. The third-order valence-electron chi connectivity index (χ3n) is 4.05. The second-order valence-corrected chi connectivity index (χ2v) is 5.83. The largest absolute Gasteiger partial charge is 0.508 e. The van der Waals surface area contributed by atoms with Crippen LogP contribution in [0, 0.1) is 0 Å². The summed E-state index contributed by atoms with van der Waals surface area (Å²) in [5, 5.41) is 9.86. The Morgan fingerprint density at radius 1 is 1.08 bits per heavy atom. The number of rotatable bonds is 4. The molecule has 2 heterocycles. The number of nitrogens with zero attached hydrogens (tertiary/aromatic N) is 1. The lowest BCUT2D eigenvalue weighted by Crippen LogP contribution is -2.05. The Labute approximate surface area is 149 Å². The molecule has 26 heavy (non-hydrogen) atoms. The molecule has 1 N–H and O–H groups in total. The number of aromatic hydroxyl groups is 1. The SMILES string of the molecule is O=c1c(-c2ccc(O)cc2)coc2cc(OCc3cccnc3)ccc12. The van der Waals surface area contributed by atoms with E-state index in [4.69, 9.17) is 9.15 Å². The molecule has 2 aromatic heterocycles. The number of fused-ring (bicyclic) bond motifs is 1. The smallest absolute Gasteiger partial charge is 0.200 e. The normalized spacial score (nSPS) is 10.8. The van der Waals surface area contributed by atoms with Crippen LogP contribution in [0.5, 0.6) is 11.5 Å². The highest BCUT2D eigenvalue weighted by molar-refractivity contribution is 5.82. The molecule has 0 saturated carbocycles. The van der Waals surface area contributed by atoms with Gasteiger partial charge in [-0.25, -0.2) is 0 Å². The molecule has 5 nitrogen and oxygen atoms in total. The molecule has 0 saturated heterocycles. The van der Waals surface area contributed by atoms with E-state index < -0.39 is 0 Å². The predicted molar refractivity (Wildman–Crippen MR) is 98.2 cm³/mol. The van der Waals surface area contributed by atoms with E-state index in [1.54, 1.807) is 42.7 Å². The highest BCUT2D eigenvalue weighted by Crippen LogP contribution is 2.24. The molecule has 0 unspecified atom stereocenters. The number of phenols is 1. The van der Waals surface area contributed by atoms with Crippen LogP contribution in [0.3, 0.4) is 0 Å². The van der Waals surface area contributed by atoms with Crippen LogP contribution < -0.4 is 10.2 Å². The molecule has 0 bridgehead atoms. The highest BCUT2D eigenvalue weighted by atomic mass is 16.5. The fourth-order valence-electron chi connectivity index (χ4n) is 2.69. The Hall–Kier alpha value is -3.60. The lowest BCUT2D eigenvalue weighted by Gasteiger charge is -2.07. The molecular weight excluding hydrogens is 330 g/mol. The average Bonchev–Trinajstić information content (AvgIpc) is 2.68. The maximum atomic E-state index is 12.7. The van der Waals surface area contributed by atoms with E-state index in [1.807, 2.05) is 12.1 Å². The summed E-state index contributed by atoms with van der Waals surface area (Å²) in [5.74, 6) is 0.760. The zero-order chi connectivity index (χ0) is 17.9. The van der Waals surface area contributed by atoms with E-state index in [1.165, 1.54) is 18.4 Å². The van der Waals surface area contributed by atoms with Gasteiger partial charge in [0.15, 0.2) is 5.43 Å². The maximum Gasteiger partial charge on any atom is 0.200 e. The molecule has 0 fully saturated rings. The van der Waals surface area contributed by atoms with Crippen molar-refractivity contribution in [2.45, 2.75) is 6.61 Å². The molecule has 0 aliphatic carbocycles. The first-order valence-electron chi connectivity index (χ1n) is 8.07. The minimum absolute atomic E-state index is 0.129. The molecule has 0 aliphatic heterocycles. The molecule has 2 aromatic carbocycles. The zero-order valence-electron chi connectivity index (χ0n) is 13.8. The molecule has 0 aliphatic rings. The molecule has 0 amide bonds. The monoisotopic (exact) mass is 345 g/mol. The molecule has 128 valence electrons. The number of benzene rings is 2. The van der Waals surface area contributed by atoms with E-state index >= 15 is 0 Å². The quantitative estimate of drug-likeness (QED) is 0.602. The maximum absolute atomic E-state index is 12.7. The molecule has 4 rings (SSSR count). The summed E-state index contributed by atoms with van der Waals surface area (Å²) in [7, 11) is 0. The first-order valence-corrected chi connectivity index (χ1v) is 8.07. The van der Waals surface area contributed by atoms with Crippen LogP contribution in [0.4, 0.5) is 0 Å². The number of hydrogen-bond donors (Lipinski definition) is 1. The van der Waals surface area contributed by atoms with Crippen molar-refractivity contribution >= 4 is 11.0 Å². The third-order valence-corrected chi connectivity index (χ3v) is 4.05. The summed E-state index contributed by atoms with van der Waals surface area (Å²) in [6, 6.07) is 15.4. The standard InChI is InChI=1S/C21H15NO4/c23-16-5-3-15(4-6-16)19-13-26-20-10-17(7-8-18(20)21(19)24)25-12-14-2-1-9-22-11-14/h1-11,13,23H,12H2. The zero-order valence-corrected chi connectivity index (χ0v) is 13.8. The van der Waals surface area contributed by atoms with Gasteiger partial charge < -0.3 is 14.3 Å². The van der Waals surface area contributed by atoms with Gasteiger partial charge in [-0.15, -0.1) is 0 Å². The first-order chi connectivity index (χ1) is 12.7. The minimum Gasteiger partial charge on any atom is -0.508 e. The van der Waals surface area contributed by atoms with Gasteiger partial charge >= 0.3 is 0 Å². The number of pyridine rings is 1. The molecule has 5 heteroatoms. The van der Waals surface area contributed by atoms with Crippen molar-refractivity contribution in [1.82, 2.24) is 4.98 Å². The van der Waals surface area contributed by atoms with Gasteiger partial charge in [-0.1, -0.05) is 18.2 Å². The van der Waals surface area contributed by atoms with Crippen LogP contribution in [0.15, 0.2) is 82.5 Å². The van der Waals surface area contributed by atoms with Gasteiger partial charge in [0.25, 0.3) is 0 Å². The van der Waals surface area contributed by atoms with E-state index in [0.717, 1.165) is 5.56 Å². The van der Waals surface area contributed by atoms with Gasteiger partial charge in [0.05, 0.1) is 10.9 Å². The van der Waals surface area contributed by atoms with E-state index in [2.05, 4.69) is 4.98 Å². The Balaban J connectivity index is 1.64. The first kappa shape index (κ1) is 15.9. The summed E-state index contributed by atoms with van der Waals surface area (Å²) in [6.45, 7) is 0.384. The Kier molecular flexibility index (Phi) is 4.11. The van der Waals surface area contributed by atoms with Gasteiger partial charge in [-0.3, -0.25) is 9.78 Å². The summed E-state index contributed by atoms with van der Waals surface area (Å²) >= 11 is 0. The van der Waals surface area contributed by atoms with Crippen molar-refractivity contribution < 1.29 is 14.3 Å². The van der Waals surface area contributed by atoms with Crippen LogP contribution in [0.2, 0.25) is 0 Å². The second-order valence-electron chi connectivity index (χ2n) is 5.83. The number of ether oxygens (including phenoxy) is 1. The van der Waals surface area contributed by atoms with Crippen molar-refractivity contribution in [2.24, 2.45) is 0 Å². The van der Waals surface area contributed by atoms with Gasteiger partial charge in [-0.05, 0) is 35.9 Å². The minimum atomic E-state index is -0.129. The van der Waals surface area contributed by atoms with E-state index in [9.17, 15) is 9.90 Å². The Morgan fingerprint density at radius 3 is 2.69 bits per heavy atom. The Bertz CT molecular complexity index is 1100. The van der Waals surface area contributed by atoms with Crippen molar-refractivity contribution in [3.05, 3.63) is 89.0 Å². The third kappa shape index (κ3) is 3.15. The van der Waals surface area contributed by atoms with Crippen LogP contribution in [-0.4, -0.2) is 10.1 Å². The number of phenolic OH excluding ortho intramolecular Hbond substituents is 1. The highest BCUT2D eigenvalue weighted by Gasteiger charge is 2.10. The summed E-state index contributed by atoms with van der Waals surface area (Å²) in [4.78, 5) is 16.8. The van der Waals surface area contributed by atoms with Crippen molar-refractivity contribution in [3.8, 4) is 22.6 Å².